The van der Waals surface area contributed by atoms with E-state index in [0.717, 1.165) is 17.5 Å². The van der Waals surface area contributed by atoms with Crippen LogP contribution in [0.25, 0.3) is 0 Å². The number of thioether (sulfide) groups is 1. The molecule has 1 N–H and O–H groups in total. The molecule has 0 aliphatic carbocycles. The highest BCUT2D eigenvalue weighted by Crippen LogP contribution is 2.37. The second-order valence-corrected chi connectivity index (χ2v) is 6.94. The fourth-order valence-corrected chi connectivity index (χ4v) is 3.65. The van der Waals surface area contributed by atoms with Gasteiger partial charge in [0.25, 0.3) is 0 Å². The van der Waals surface area contributed by atoms with Gasteiger partial charge < -0.3 is 5.32 Å². The fourth-order valence-electron chi connectivity index (χ4n) is 2.36. The molecule has 0 fully saturated rings. The number of nitrogens with one attached hydrogen (secondary N) is 1. The van der Waals surface area contributed by atoms with Gasteiger partial charge in [-0.3, -0.25) is 0 Å². The highest BCUT2D eigenvalue weighted by molar-refractivity contribution is 7.99. The predicted molar refractivity (Wildman–Crippen MR) is 81.6 cm³/mol. The first-order valence-corrected chi connectivity index (χ1v) is 8.19. The third kappa shape index (κ3) is 3.91. The van der Waals surface area contributed by atoms with E-state index in [0.29, 0.717) is 6.04 Å². The average molecular weight is 284 g/mol. The lowest BCUT2D eigenvalue weighted by Crippen LogP contribution is -2.25. The second-order valence-electron chi connectivity index (χ2n) is 5.36. The van der Waals surface area contributed by atoms with E-state index in [4.69, 9.17) is 11.6 Å². The summed E-state index contributed by atoms with van der Waals surface area (Å²) in [6.45, 7) is 5.68. The molecule has 1 nitrogen and oxygen atoms in total. The number of hydrogen-bond acceptors (Lipinski definition) is 2. The standard InChI is InChI=1S/C15H22ClNS/c1-11(2)4-3-8-17-14-7-9-18-15-6-5-12(16)10-13(14)15/h5-6,10-11,14,17H,3-4,7-9H2,1-2H3. The molecule has 0 bridgehead atoms. The molecule has 1 heterocycles. The van der Waals surface area contributed by atoms with Crippen molar-refractivity contribution < 1.29 is 0 Å². The molecule has 18 heavy (non-hydrogen) atoms. The van der Waals surface area contributed by atoms with Crippen molar-refractivity contribution in [3.05, 3.63) is 28.8 Å². The van der Waals surface area contributed by atoms with Crippen molar-refractivity contribution >= 4 is 23.4 Å². The van der Waals surface area contributed by atoms with Gasteiger partial charge in [0.2, 0.25) is 0 Å². The Morgan fingerprint density at radius 3 is 3.06 bits per heavy atom. The highest BCUT2D eigenvalue weighted by atomic mass is 35.5. The van der Waals surface area contributed by atoms with E-state index in [1.807, 2.05) is 17.8 Å². The number of hydrogen-bond donors (Lipinski definition) is 1. The molecule has 0 saturated carbocycles. The highest BCUT2D eigenvalue weighted by Gasteiger charge is 2.20. The first-order valence-electron chi connectivity index (χ1n) is 6.82. The zero-order valence-corrected chi connectivity index (χ0v) is 12.8. The van der Waals surface area contributed by atoms with Crippen LogP contribution < -0.4 is 5.32 Å². The summed E-state index contributed by atoms with van der Waals surface area (Å²) in [4.78, 5) is 1.40. The molecule has 0 saturated heterocycles. The Kier molecular flexibility index (Phi) is 5.40. The first kappa shape index (κ1) is 14.2. The van der Waals surface area contributed by atoms with Gasteiger partial charge in [0, 0.05) is 16.0 Å². The lowest BCUT2D eigenvalue weighted by atomic mass is 10.0. The minimum absolute atomic E-state index is 0.493. The molecule has 0 amide bonds. The van der Waals surface area contributed by atoms with E-state index in [2.05, 4.69) is 31.3 Å². The van der Waals surface area contributed by atoms with Gasteiger partial charge in [-0.25, -0.2) is 0 Å². The number of fused-ring (bicyclic) bond motifs is 1. The summed E-state index contributed by atoms with van der Waals surface area (Å²) in [5.41, 5.74) is 1.39. The van der Waals surface area contributed by atoms with Crippen LogP contribution in [0.3, 0.4) is 0 Å². The SMILES string of the molecule is CC(C)CCCNC1CCSc2ccc(Cl)cc21. The summed E-state index contributed by atoms with van der Waals surface area (Å²) in [7, 11) is 0. The molecule has 1 aromatic rings. The summed E-state index contributed by atoms with van der Waals surface area (Å²) >= 11 is 8.05. The summed E-state index contributed by atoms with van der Waals surface area (Å²) in [5, 5.41) is 4.54. The molecule has 0 radical (unpaired) electrons. The minimum atomic E-state index is 0.493. The van der Waals surface area contributed by atoms with E-state index in [1.165, 1.54) is 35.5 Å². The smallest absolute Gasteiger partial charge is 0.0410 e. The van der Waals surface area contributed by atoms with Gasteiger partial charge in [-0.2, -0.15) is 0 Å². The molecule has 1 atom stereocenters. The van der Waals surface area contributed by atoms with Gasteiger partial charge in [0.05, 0.1) is 0 Å². The maximum Gasteiger partial charge on any atom is 0.0410 e. The van der Waals surface area contributed by atoms with Crippen LogP contribution in [-0.2, 0) is 0 Å². The number of benzene rings is 1. The molecular formula is C15H22ClNS. The van der Waals surface area contributed by atoms with Crippen LogP contribution in [0.1, 0.15) is 44.7 Å². The maximum atomic E-state index is 6.11. The number of rotatable bonds is 5. The van der Waals surface area contributed by atoms with Crippen molar-refractivity contribution in [3.63, 3.8) is 0 Å². The van der Waals surface area contributed by atoms with Crippen LogP contribution in [-0.4, -0.2) is 12.3 Å². The minimum Gasteiger partial charge on any atom is -0.310 e. The van der Waals surface area contributed by atoms with E-state index in [-0.39, 0.29) is 0 Å². The molecule has 0 spiro atoms. The van der Waals surface area contributed by atoms with Crippen LogP contribution in [0.2, 0.25) is 5.02 Å². The topological polar surface area (TPSA) is 12.0 Å². The lowest BCUT2D eigenvalue weighted by molar-refractivity contribution is 0.469. The second kappa shape index (κ2) is 6.83. The Morgan fingerprint density at radius 1 is 1.44 bits per heavy atom. The average Bonchev–Trinajstić information content (AvgIpc) is 2.34. The van der Waals surface area contributed by atoms with Crippen LogP contribution in [0.15, 0.2) is 23.1 Å². The third-order valence-corrected chi connectivity index (χ3v) is 4.72. The van der Waals surface area contributed by atoms with Crippen molar-refractivity contribution in [1.82, 2.24) is 5.32 Å². The van der Waals surface area contributed by atoms with Crippen LogP contribution in [0, 0.1) is 5.92 Å². The van der Waals surface area contributed by atoms with Crippen LogP contribution in [0.4, 0.5) is 0 Å². The largest absolute Gasteiger partial charge is 0.310 e. The molecule has 1 aliphatic heterocycles. The van der Waals surface area contributed by atoms with Gasteiger partial charge in [0.15, 0.2) is 0 Å². The Bertz CT molecular complexity index is 392. The normalized spacial score (nSPS) is 19.0. The van der Waals surface area contributed by atoms with Gasteiger partial charge in [-0.1, -0.05) is 25.4 Å². The van der Waals surface area contributed by atoms with E-state index >= 15 is 0 Å². The maximum absolute atomic E-state index is 6.11. The zero-order chi connectivity index (χ0) is 13.0. The Labute approximate surface area is 120 Å². The number of halogens is 1. The lowest BCUT2D eigenvalue weighted by Gasteiger charge is -2.26. The van der Waals surface area contributed by atoms with E-state index < -0.39 is 0 Å². The van der Waals surface area contributed by atoms with Gasteiger partial charge in [0.1, 0.15) is 0 Å². The monoisotopic (exact) mass is 283 g/mol. The van der Waals surface area contributed by atoms with E-state index in [1.54, 1.807) is 0 Å². The quantitative estimate of drug-likeness (QED) is 0.771. The van der Waals surface area contributed by atoms with Crippen molar-refractivity contribution in [1.29, 1.82) is 0 Å². The Morgan fingerprint density at radius 2 is 2.28 bits per heavy atom. The van der Waals surface area contributed by atoms with E-state index in [9.17, 15) is 0 Å². The van der Waals surface area contributed by atoms with Crippen LogP contribution >= 0.6 is 23.4 Å². The Hall–Kier alpha value is -0.180. The predicted octanol–water partition coefficient (Wildman–Crippen LogP) is 4.90. The summed E-state index contributed by atoms with van der Waals surface area (Å²) in [6.07, 6.45) is 3.77. The summed E-state index contributed by atoms with van der Waals surface area (Å²) < 4.78 is 0. The van der Waals surface area contributed by atoms with Gasteiger partial charge in [-0.05, 0) is 61.2 Å². The van der Waals surface area contributed by atoms with Gasteiger partial charge >= 0.3 is 0 Å². The zero-order valence-electron chi connectivity index (χ0n) is 11.2. The molecule has 1 unspecified atom stereocenters. The third-order valence-electron chi connectivity index (χ3n) is 3.36. The van der Waals surface area contributed by atoms with Gasteiger partial charge in [-0.15, -0.1) is 11.8 Å². The first-order chi connectivity index (χ1) is 8.66. The fraction of sp³-hybridized carbons (Fsp3) is 0.600. The summed E-state index contributed by atoms with van der Waals surface area (Å²) in [6, 6.07) is 6.77. The van der Waals surface area contributed by atoms with Crippen LogP contribution in [0.5, 0.6) is 0 Å². The Balaban J connectivity index is 1.93. The molecule has 0 aromatic heterocycles. The molecule has 1 aliphatic rings. The van der Waals surface area contributed by atoms with Crippen molar-refractivity contribution in [2.24, 2.45) is 5.92 Å². The van der Waals surface area contributed by atoms with Crippen molar-refractivity contribution in [2.75, 3.05) is 12.3 Å². The molecule has 3 heteroatoms. The molecule has 100 valence electrons. The molecular weight excluding hydrogens is 262 g/mol. The van der Waals surface area contributed by atoms with Crippen molar-refractivity contribution in [2.45, 2.75) is 44.0 Å². The molecule has 1 aromatic carbocycles. The summed E-state index contributed by atoms with van der Waals surface area (Å²) in [5.74, 6) is 2.01. The van der Waals surface area contributed by atoms with Crippen molar-refractivity contribution in [3.8, 4) is 0 Å². The molecule has 2 rings (SSSR count).